The van der Waals surface area contributed by atoms with Crippen molar-refractivity contribution in [2.75, 3.05) is 26.7 Å². The average molecular weight is 292 g/mol. The van der Waals surface area contributed by atoms with E-state index in [0.29, 0.717) is 13.1 Å². The van der Waals surface area contributed by atoms with Crippen molar-refractivity contribution in [1.82, 2.24) is 10.6 Å². The first-order valence-corrected chi connectivity index (χ1v) is 5.80. The van der Waals surface area contributed by atoms with Gasteiger partial charge in [-0.3, -0.25) is 4.79 Å². The van der Waals surface area contributed by atoms with Crippen molar-refractivity contribution in [2.24, 2.45) is 0 Å². The van der Waals surface area contributed by atoms with Gasteiger partial charge in [0.05, 0.1) is 0 Å². The van der Waals surface area contributed by atoms with Crippen molar-refractivity contribution in [1.29, 1.82) is 0 Å². The molecule has 112 valence electrons. The second kappa shape index (κ2) is 7.59. The lowest BCUT2D eigenvalue weighted by Crippen LogP contribution is -2.33. The van der Waals surface area contributed by atoms with Gasteiger partial charge in [0.1, 0.15) is 11.5 Å². The minimum Gasteiger partial charge on any atom is -0.484 e. The van der Waals surface area contributed by atoms with Gasteiger partial charge in [0.2, 0.25) is 0 Å². The first kappa shape index (κ1) is 16.1. The molecule has 0 radical (unpaired) electrons. The van der Waals surface area contributed by atoms with Crippen LogP contribution >= 0.6 is 0 Å². The van der Waals surface area contributed by atoms with E-state index < -0.39 is 6.36 Å². The standard InChI is InChI=1S/C12H15F3N2O3/c1-16-6-7-17-11(18)8-19-9-2-4-10(5-3-9)20-12(13,14)15/h2-5,16H,6-8H2,1H3,(H,17,18). The zero-order chi connectivity index (χ0) is 15.0. The minimum atomic E-state index is -4.73. The molecule has 1 rings (SSSR count). The smallest absolute Gasteiger partial charge is 0.484 e. The van der Waals surface area contributed by atoms with Crippen molar-refractivity contribution in [3.63, 3.8) is 0 Å². The summed E-state index contributed by atoms with van der Waals surface area (Å²) in [5.41, 5.74) is 0. The summed E-state index contributed by atoms with van der Waals surface area (Å²) < 4.78 is 44.6. The minimum absolute atomic E-state index is 0.205. The third-order valence-corrected chi connectivity index (χ3v) is 2.12. The van der Waals surface area contributed by atoms with Crippen molar-refractivity contribution >= 4 is 5.91 Å². The summed E-state index contributed by atoms with van der Waals surface area (Å²) in [6.07, 6.45) is -4.73. The lowest BCUT2D eigenvalue weighted by Gasteiger charge is -2.10. The number of amides is 1. The SMILES string of the molecule is CNCCNC(=O)COc1ccc(OC(F)(F)F)cc1. The van der Waals surface area contributed by atoms with E-state index in [9.17, 15) is 18.0 Å². The molecule has 0 bridgehead atoms. The molecule has 0 atom stereocenters. The summed E-state index contributed by atoms with van der Waals surface area (Å²) in [4.78, 5) is 11.3. The average Bonchev–Trinajstić information content (AvgIpc) is 2.36. The van der Waals surface area contributed by atoms with Crippen molar-refractivity contribution < 1.29 is 27.4 Å². The lowest BCUT2D eigenvalue weighted by atomic mass is 10.3. The van der Waals surface area contributed by atoms with E-state index in [2.05, 4.69) is 15.4 Å². The van der Waals surface area contributed by atoms with Crippen LogP contribution < -0.4 is 20.1 Å². The molecule has 0 aliphatic carbocycles. The van der Waals surface area contributed by atoms with Crippen LogP contribution in [0, 0.1) is 0 Å². The molecule has 1 aromatic rings. The molecular formula is C12H15F3N2O3. The molecular weight excluding hydrogens is 277 g/mol. The predicted molar refractivity (Wildman–Crippen MR) is 65.6 cm³/mol. The molecule has 0 saturated carbocycles. The van der Waals surface area contributed by atoms with E-state index in [-0.39, 0.29) is 24.0 Å². The van der Waals surface area contributed by atoms with Gasteiger partial charge in [-0.1, -0.05) is 0 Å². The highest BCUT2D eigenvalue weighted by Crippen LogP contribution is 2.24. The quantitative estimate of drug-likeness (QED) is 0.744. The van der Waals surface area contributed by atoms with Gasteiger partial charge in [-0.2, -0.15) is 0 Å². The van der Waals surface area contributed by atoms with Gasteiger partial charge >= 0.3 is 6.36 Å². The number of halogens is 3. The highest BCUT2D eigenvalue weighted by Gasteiger charge is 2.30. The van der Waals surface area contributed by atoms with E-state index >= 15 is 0 Å². The number of likely N-dealkylation sites (N-methyl/N-ethyl adjacent to an activating group) is 1. The van der Waals surface area contributed by atoms with Gasteiger partial charge in [-0.25, -0.2) is 0 Å². The maximum absolute atomic E-state index is 11.9. The van der Waals surface area contributed by atoms with Crippen molar-refractivity contribution in [3.05, 3.63) is 24.3 Å². The maximum atomic E-state index is 11.9. The Morgan fingerprint density at radius 2 is 1.75 bits per heavy atom. The Kier molecular flexibility index (Phi) is 6.10. The van der Waals surface area contributed by atoms with Gasteiger partial charge in [0.15, 0.2) is 6.61 Å². The fraction of sp³-hybridized carbons (Fsp3) is 0.417. The molecule has 1 aromatic carbocycles. The normalized spacial score (nSPS) is 11.0. The number of alkyl halides is 3. The summed E-state index contributed by atoms with van der Waals surface area (Å²) in [7, 11) is 1.76. The zero-order valence-corrected chi connectivity index (χ0v) is 10.8. The monoisotopic (exact) mass is 292 g/mol. The highest BCUT2D eigenvalue weighted by molar-refractivity contribution is 5.77. The number of ether oxygens (including phenoxy) is 2. The summed E-state index contributed by atoms with van der Waals surface area (Å²) >= 11 is 0. The molecule has 0 aliphatic rings. The summed E-state index contributed by atoms with van der Waals surface area (Å²) in [6.45, 7) is 0.898. The molecule has 8 heteroatoms. The zero-order valence-electron chi connectivity index (χ0n) is 10.8. The van der Waals surface area contributed by atoms with Crippen molar-refractivity contribution in [3.8, 4) is 11.5 Å². The second-order valence-electron chi connectivity index (χ2n) is 3.76. The number of carbonyl (C=O) groups is 1. The Hall–Kier alpha value is -1.96. The maximum Gasteiger partial charge on any atom is 0.573 e. The van der Waals surface area contributed by atoms with Crippen LogP contribution in [0.25, 0.3) is 0 Å². The first-order valence-electron chi connectivity index (χ1n) is 5.80. The van der Waals surface area contributed by atoms with Gasteiger partial charge in [0, 0.05) is 13.1 Å². The third kappa shape index (κ3) is 6.83. The van der Waals surface area contributed by atoms with E-state index in [4.69, 9.17) is 4.74 Å². The number of benzene rings is 1. The van der Waals surface area contributed by atoms with Gasteiger partial charge < -0.3 is 20.1 Å². The van der Waals surface area contributed by atoms with Gasteiger partial charge in [-0.05, 0) is 31.3 Å². The van der Waals surface area contributed by atoms with E-state index in [0.717, 1.165) is 12.1 Å². The summed E-state index contributed by atoms with van der Waals surface area (Å²) in [5.74, 6) is -0.373. The van der Waals surface area contributed by atoms with Crippen LogP contribution in [0.4, 0.5) is 13.2 Å². The van der Waals surface area contributed by atoms with E-state index in [1.54, 1.807) is 7.05 Å². The fourth-order valence-corrected chi connectivity index (χ4v) is 1.26. The van der Waals surface area contributed by atoms with E-state index in [1.807, 2.05) is 0 Å². The molecule has 0 heterocycles. The highest BCUT2D eigenvalue weighted by atomic mass is 19.4. The van der Waals surface area contributed by atoms with Crippen LogP contribution in [-0.2, 0) is 4.79 Å². The van der Waals surface area contributed by atoms with E-state index in [1.165, 1.54) is 12.1 Å². The largest absolute Gasteiger partial charge is 0.573 e. The molecule has 0 spiro atoms. The molecule has 0 aliphatic heterocycles. The number of hydrogen-bond donors (Lipinski definition) is 2. The molecule has 0 aromatic heterocycles. The topological polar surface area (TPSA) is 59.6 Å². The van der Waals surface area contributed by atoms with Crippen LogP contribution in [0.15, 0.2) is 24.3 Å². The van der Waals surface area contributed by atoms with Crippen LogP contribution in [0.2, 0.25) is 0 Å². The Bertz CT molecular complexity index is 421. The number of hydrogen-bond acceptors (Lipinski definition) is 4. The summed E-state index contributed by atoms with van der Waals surface area (Å²) in [5, 5.41) is 5.46. The lowest BCUT2D eigenvalue weighted by molar-refractivity contribution is -0.274. The Balaban J connectivity index is 2.36. The Labute approximate surface area is 114 Å². The number of rotatable bonds is 7. The van der Waals surface area contributed by atoms with Crippen LogP contribution in [0.3, 0.4) is 0 Å². The second-order valence-corrected chi connectivity index (χ2v) is 3.76. The van der Waals surface area contributed by atoms with Crippen LogP contribution in [0.5, 0.6) is 11.5 Å². The number of nitrogens with one attached hydrogen (secondary N) is 2. The molecule has 2 N–H and O–H groups in total. The fourth-order valence-electron chi connectivity index (χ4n) is 1.26. The third-order valence-electron chi connectivity index (χ3n) is 2.12. The number of carbonyl (C=O) groups excluding carboxylic acids is 1. The first-order chi connectivity index (χ1) is 9.40. The molecule has 1 amide bonds. The van der Waals surface area contributed by atoms with Crippen molar-refractivity contribution in [2.45, 2.75) is 6.36 Å². The van der Waals surface area contributed by atoms with Gasteiger partial charge in [0.25, 0.3) is 5.91 Å². The molecule has 5 nitrogen and oxygen atoms in total. The molecule has 0 fully saturated rings. The Morgan fingerprint density at radius 1 is 1.15 bits per heavy atom. The molecule has 0 saturated heterocycles. The molecule has 0 unspecified atom stereocenters. The predicted octanol–water partition coefficient (Wildman–Crippen LogP) is 1.30. The van der Waals surface area contributed by atoms with Crippen LogP contribution in [-0.4, -0.2) is 39.0 Å². The Morgan fingerprint density at radius 3 is 2.30 bits per heavy atom. The van der Waals surface area contributed by atoms with Crippen LogP contribution in [0.1, 0.15) is 0 Å². The summed E-state index contributed by atoms with van der Waals surface area (Å²) in [6, 6.07) is 4.81. The molecule has 20 heavy (non-hydrogen) atoms. The van der Waals surface area contributed by atoms with Gasteiger partial charge in [-0.15, -0.1) is 13.2 Å².